The number of aryl methyl sites for hydroxylation is 2. The van der Waals surface area contributed by atoms with Crippen LogP contribution in [0.1, 0.15) is 47.3 Å². The average molecular weight is 338 g/mol. The van der Waals surface area contributed by atoms with Crippen LogP contribution in [0.4, 0.5) is 0 Å². The number of H-pyrrole nitrogens is 1. The lowest BCUT2D eigenvalue weighted by Gasteiger charge is -2.20. The van der Waals surface area contributed by atoms with Gasteiger partial charge in [-0.15, -0.1) is 12.4 Å². The van der Waals surface area contributed by atoms with Crippen LogP contribution in [0.3, 0.4) is 0 Å². The Kier molecular flexibility index (Phi) is 4.52. The summed E-state index contributed by atoms with van der Waals surface area (Å²) < 4.78 is 0. The molecule has 0 aromatic carbocycles. The smallest absolute Gasteiger partial charge is 0.261 e. The Morgan fingerprint density at radius 2 is 2.00 bits per heavy atom. The number of hydrogen-bond donors (Lipinski definition) is 2. The minimum absolute atomic E-state index is 0. The molecule has 1 aromatic rings. The summed E-state index contributed by atoms with van der Waals surface area (Å²) in [6.07, 6.45) is 6.30. The number of amides is 1. The third kappa shape index (κ3) is 2.81. The summed E-state index contributed by atoms with van der Waals surface area (Å²) >= 11 is 0. The first kappa shape index (κ1) is 16.5. The van der Waals surface area contributed by atoms with Crippen molar-refractivity contribution in [2.45, 2.75) is 44.6 Å². The number of aromatic amines is 1. The molecule has 126 valence electrons. The number of rotatable bonds is 1. The van der Waals surface area contributed by atoms with Gasteiger partial charge in [0.25, 0.3) is 11.5 Å². The van der Waals surface area contributed by atoms with Crippen molar-refractivity contribution in [1.29, 1.82) is 0 Å². The number of carbonyl (C=O) groups is 1. The van der Waals surface area contributed by atoms with Crippen LogP contribution in [0.25, 0.3) is 0 Å². The van der Waals surface area contributed by atoms with Crippen molar-refractivity contribution in [2.24, 2.45) is 17.6 Å². The first-order chi connectivity index (χ1) is 10.6. The molecule has 4 rings (SSSR count). The third-order valence-electron chi connectivity index (χ3n) is 5.77. The second-order valence-corrected chi connectivity index (χ2v) is 7.10. The topological polar surface area (TPSA) is 79.2 Å². The van der Waals surface area contributed by atoms with E-state index in [4.69, 9.17) is 5.73 Å². The van der Waals surface area contributed by atoms with Gasteiger partial charge >= 0.3 is 0 Å². The van der Waals surface area contributed by atoms with E-state index in [1.807, 2.05) is 11.0 Å². The third-order valence-corrected chi connectivity index (χ3v) is 5.77. The average Bonchev–Trinajstić information content (AvgIpc) is 3.08. The second-order valence-electron chi connectivity index (χ2n) is 7.10. The van der Waals surface area contributed by atoms with E-state index in [-0.39, 0.29) is 29.9 Å². The molecule has 1 saturated heterocycles. The van der Waals surface area contributed by atoms with Crippen LogP contribution in [0.2, 0.25) is 0 Å². The molecule has 1 aliphatic heterocycles. The molecule has 2 fully saturated rings. The molecule has 3 atom stereocenters. The van der Waals surface area contributed by atoms with Crippen molar-refractivity contribution in [2.75, 3.05) is 13.1 Å². The van der Waals surface area contributed by atoms with Gasteiger partial charge in [0.05, 0.1) is 0 Å². The van der Waals surface area contributed by atoms with Crippen LogP contribution in [0.5, 0.6) is 0 Å². The summed E-state index contributed by atoms with van der Waals surface area (Å²) in [6, 6.07) is 2.05. The minimum Gasteiger partial charge on any atom is -0.338 e. The van der Waals surface area contributed by atoms with Crippen LogP contribution in [0, 0.1) is 11.8 Å². The van der Waals surface area contributed by atoms with Gasteiger partial charge in [-0.2, -0.15) is 0 Å². The zero-order valence-electron chi connectivity index (χ0n) is 13.2. The van der Waals surface area contributed by atoms with Gasteiger partial charge < -0.3 is 15.6 Å². The Bertz CT molecular complexity index is 672. The fourth-order valence-electron chi connectivity index (χ4n) is 4.48. The van der Waals surface area contributed by atoms with Gasteiger partial charge in [0.2, 0.25) is 0 Å². The monoisotopic (exact) mass is 337 g/mol. The zero-order chi connectivity index (χ0) is 15.3. The summed E-state index contributed by atoms with van der Waals surface area (Å²) in [5.74, 6) is 0.826. The standard InChI is InChI=1S/C17H23N3O2.ClH/c18-14-6-5-11-8-20(9-13(11)14)17(22)12-7-10-3-1-2-4-15(10)19-16(12)21;/h7,11,13-14H,1-6,8-9,18H2,(H,19,21);1H. The summed E-state index contributed by atoms with van der Waals surface area (Å²) in [4.78, 5) is 29.8. The number of hydrogen-bond acceptors (Lipinski definition) is 3. The van der Waals surface area contributed by atoms with Gasteiger partial charge in [-0.3, -0.25) is 9.59 Å². The summed E-state index contributed by atoms with van der Waals surface area (Å²) in [6.45, 7) is 1.47. The summed E-state index contributed by atoms with van der Waals surface area (Å²) in [7, 11) is 0. The number of carbonyl (C=O) groups excluding carboxylic acids is 1. The Morgan fingerprint density at radius 1 is 1.22 bits per heavy atom. The van der Waals surface area contributed by atoms with Crippen LogP contribution in [-0.2, 0) is 12.8 Å². The van der Waals surface area contributed by atoms with Crippen molar-refractivity contribution < 1.29 is 4.79 Å². The molecule has 0 radical (unpaired) electrons. The molecule has 1 aromatic heterocycles. The van der Waals surface area contributed by atoms with Crippen molar-refractivity contribution in [3.05, 3.63) is 33.2 Å². The fraction of sp³-hybridized carbons (Fsp3) is 0.647. The van der Waals surface area contributed by atoms with E-state index in [0.717, 1.165) is 56.3 Å². The highest BCUT2D eigenvalue weighted by Crippen LogP contribution is 2.37. The van der Waals surface area contributed by atoms with Gasteiger partial charge in [-0.25, -0.2) is 0 Å². The van der Waals surface area contributed by atoms with E-state index in [2.05, 4.69) is 4.98 Å². The predicted octanol–water partition coefficient (Wildman–Crippen LogP) is 1.48. The molecule has 6 heteroatoms. The highest BCUT2D eigenvalue weighted by molar-refractivity contribution is 5.94. The molecule has 1 saturated carbocycles. The predicted molar refractivity (Wildman–Crippen MR) is 91.0 cm³/mol. The number of nitrogens with zero attached hydrogens (tertiary/aromatic N) is 1. The van der Waals surface area contributed by atoms with Crippen molar-refractivity contribution >= 4 is 18.3 Å². The maximum Gasteiger partial charge on any atom is 0.261 e. The molecule has 3 unspecified atom stereocenters. The highest BCUT2D eigenvalue weighted by Gasteiger charge is 2.43. The number of aromatic nitrogens is 1. The molecule has 0 bridgehead atoms. The minimum atomic E-state index is -0.230. The van der Waals surface area contributed by atoms with E-state index < -0.39 is 0 Å². The van der Waals surface area contributed by atoms with Gasteiger partial charge in [0.15, 0.2) is 0 Å². The fourth-order valence-corrected chi connectivity index (χ4v) is 4.48. The first-order valence-electron chi connectivity index (χ1n) is 8.43. The van der Waals surface area contributed by atoms with E-state index in [9.17, 15) is 9.59 Å². The second kappa shape index (κ2) is 6.29. The van der Waals surface area contributed by atoms with Crippen LogP contribution in [-0.4, -0.2) is 34.9 Å². The number of halogens is 1. The number of nitrogens with one attached hydrogen (secondary N) is 1. The zero-order valence-corrected chi connectivity index (χ0v) is 14.0. The van der Waals surface area contributed by atoms with Crippen molar-refractivity contribution in [3.63, 3.8) is 0 Å². The van der Waals surface area contributed by atoms with Crippen LogP contribution < -0.4 is 11.3 Å². The SMILES string of the molecule is Cl.NC1CCC2CN(C(=O)c3cc4c([nH]c3=O)CCCC4)CC12. The van der Waals surface area contributed by atoms with Crippen LogP contribution >= 0.6 is 12.4 Å². The lowest BCUT2D eigenvalue weighted by Crippen LogP contribution is -2.36. The summed E-state index contributed by atoms with van der Waals surface area (Å²) in [5, 5.41) is 0. The quantitative estimate of drug-likeness (QED) is 0.814. The molecular formula is C17H24ClN3O2. The van der Waals surface area contributed by atoms with Gasteiger partial charge in [-0.1, -0.05) is 0 Å². The Balaban J connectivity index is 0.00000156. The number of nitrogens with two attached hydrogens (primary N) is 1. The molecule has 3 aliphatic rings. The first-order valence-corrected chi connectivity index (χ1v) is 8.43. The molecule has 1 amide bonds. The summed E-state index contributed by atoms with van der Waals surface area (Å²) in [5.41, 5.74) is 8.39. The maximum absolute atomic E-state index is 12.8. The molecule has 23 heavy (non-hydrogen) atoms. The van der Waals surface area contributed by atoms with E-state index in [1.165, 1.54) is 0 Å². The van der Waals surface area contributed by atoms with Gasteiger partial charge in [0, 0.05) is 24.8 Å². The molecule has 2 heterocycles. The molecule has 0 spiro atoms. The molecule has 3 N–H and O–H groups in total. The number of likely N-dealkylation sites (tertiary alicyclic amines) is 1. The number of fused-ring (bicyclic) bond motifs is 2. The van der Waals surface area contributed by atoms with Crippen LogP contribution in [0.15, 0.2) is 10.9 Å². The Morgan fingerprint density at radius 3 is 2.78 bits per heavy atom. The molecular weight excluding hydrogens is 314 g/mol. The maximum atomic E-state index is 12.8. The van der Waals surface area contributed by atoms with Gasteiger partial charge in [-0.05, 0) is 62.0 Å². The van der Waals surface area contributed by atoms with E-state index in [0.29, 0.717) is 23.9 Å². The highest BCUT2D eigenvalue weighted by atomic mass is 35.5. The van der Waals surface area contributed by atoms with Gasteiger partial charge in [0.1, 0.15) is 5.56 Å². The Labute approximate surface area is 142 Å². The van der Waals surface area contributed by atoms with E-state index >= 15 is 0 Å². The Hall–Kier alpha value is -1.33. The molecule has 2 aliphatic carbocycles. The van der Waals surface area contributed by atoms with Crippen molar-refractivity contribution in [3.8, 4) is 0 Å². The lowest BCUT2D eigenvalue weighted by atomic mass is 9.95. The largest absolute Gasteiger partial charge is 0.338 e. The lowest BCUT2D eigenvalue weighted by molar-refractivity contribution is 0.0777. The normalized spacial score (nSPS) is 28.9. The molecule has 5 nitrogen and oxygen atoms in total. The van der Waals surface area contributed by atoms with Crippen molar-refractivity contribution in [1.82, 2.24) is 9.88 Å². The number of pyridine rings is 1. The van der Waals surface area contributed by atoms with E-state index in [1.54, 1.807) is 0 Å².